The van der Waals surface area contributed by atoms with Gasteiger partial charge in [-0.05, 0) is 59.9 Å². The van der Waals surface area contributed by atoms with Crippen molar-refractivity contribution < 1.29 is 8.78 Å². The van der Waals surface area contributed by atoms with E-state index < -0.39 is 11.6 Å². The summed E-state index contributed by atoms with van der Waals surface area (Å²) in [5.41, 5.74) is 6.16. The highest BCUT2D eigenvalue weighted by Gasteiger charge is 2.24. The lowest BCUT2D eigenvalue weighted by atomic mass is 9.94. The van der Waals surface area contributed by atoms with Crippen LogP contribution in [0.3, 0.4) is 0 Å². The lowest BCUT2D eigenvalue weighted by molar-refractivity contribution is 0.173. The Balaban J connectivity index is 1.22. The molecule has 3 aromatic carbocycles. The number of benzene rings is 3. The predicted molar refractivity (Wildman–Crippen MR) is 155 cm³/mol. The van der Waals surface area contributed by atoms with Crippen LogP contribution in [-0.4, -0.2) is 52.6 Å². The topological polar surface area (TPSA) is 68.9 Å². The summed E-state index contributed by atoms with van der Waals surface area (Å²) < 4.78 is 27.0. The van der Waals surface area contributed by atoms with Crippen LogP contribution in [0.15, 0.2) is 85.2 Å². The van der Waals surface area contributed by atoms with Crippen LogP contribution in [0.5, 0.6) is 0 Å². The van der Waals surface area contributed by atoms with Gasteiger partial charge in [-0.1, -0.05) is 36.4 Å². The van der Waals surface area contributed by atoms with Crippen LogP contribution >= 0.6 is 0 Å². The molecule has 8 heteroatoms. The number of para-hydroxylation sites is 1. The first-order chi connectivity index (χ1) is 19.6. The maximum absolute atomic E-state index is 13.5. The second-order valence-corrected chi connectivity index (χ2v) is 10.2. The molecule has 204 valence electrons. The first-order valence-corrected chi connectivity index (χ1v) is 13.7. The Bertz CT molecular complexity index is 1570. The summed E-state index contributed by atoms with van der Waals surface area (Å²) in [6.45, 7) is 4.41. The Morgan fingerprint density at radius 1 is 0.925 bits per heavy atom. The standard InChI is InChI=1S/C32H32F2N6/c33-26-16-22(17-27(34)20-26)8-10-36-32-37-11-9-29(39-32)23-4-3-5-24(18-23)31(40-14-12-35-13-15-40)19-25-21-38-30-7-2-1-6-28(25)30/h1-7,9,11,16-18,20-21,31,35,38H,8,10,12-15,19H2,(H,36,37,39). The average Bonchev–Trinajstić information content (AvgIpc) is 3.39. The number of aromatic nitrogens is 3. The Morgan fingerprint density at radius 3 is 2.60 bits per heavy atom. The van der Waals surface area contributed by atoms with E-state index in [0.717, 1.165) is 55.4 Å². The highest BCUT2D eigenvalue weighted by molar-refractivity contribution is 5.83. The molecule has 0 radical (unpaired) electrons. The largest absolute Gasteiger partial charge is 0.361 e. The summed E-state index contributed by atoms with van der Waals surface area (Å²) in [5, 5.41) is 7.94. The normalized spacial score (nSPS) is 14.8. The van der Waals surface area contributed by atoms with Crippen LogP contribution in [0.4, 0.5) is 14.7 Å². The van der Waals surface area contributed by atoms with Crippen LogP contribution in [0, 0.1) is 11.6 Å². The van der Waals surface area contributed by atoms with Crippen molar-refractivity contribution in [2.45, 2.75) is 18.9 Å². The first kappa shape index (κ1) is 26.1. The molecule has 0 amide bonds. The molecule has 1 aliphatic heterocycles. The zero-order chi connectivity index (χ0) is 27.3. The molecule has 6 rings (SSSR count). The smallest absolute Gasteiger partial charge is 0.223 e. The molecule has 0 bridgehead atoms. The molecule has 3 heterocycles. The average molecular weight is 539 g/mol. The van der Waals surface area contributed by atoms with E-state index in [0.29, 0.717) is 24.5 Å². The first-order valence-electron chi connectivity index (χ1n) is 13.7. The molecular formula is C32H32F2N6. The van der Waals surface area contributed by atoms with Gasteiger partial charge in [-0.15, -0.1) is 0 Å². The fourth-order valence-corrected chi connectivity index (χ4v) is 5.54. The van der Waals surface area contributed by atoms with Crippen molar-refractivity contribution in [2.24, 2.45) is 0 Å². The van der Waals surface area contributed by atoms with E-state index in [2.05, 4.69) is 80.2 Å². The number of hydrogen-bond donors (Lipinski definition) is 3. The highest BCUT2D eigenvalue weighted by atomic mass is 19.1. The molecule has 0 saturated carbocycles. The molecule has 0 spiro atoms. The van der Waals surface area contributed by atoms with Crippen LogP contribution in [-0.2, 0) is 12.8 Å². The van der Waals surface area contributed by atoms with Crippen molar-refractivity contribution in [1.29, 1.82) is 0 Å². The molecule has 0 aliphatic carbocycles. The second-order valence-electron chi connectivity index (χ2n) is 10.2. The maximum atomic E-state index is 13.5. The minimum atomic E-state index is -0.572. The van der Waals surface area contributed by atoms with Crippen LogP contribution in [0.25, 0.3) is 22.2 Å². The molecule has 1 unspecified atom stereocenters. The minimum absolute atomic E-state index is 0.229. The lowest BCUT2D eigenvalue weighted by Crippen LogP contribution is -2.45. The summed E-state index contributed by atoms with van der Waals surface area (Å²) in [4.78, 5) is 15.1. The number of piperazine rings is 1. The minimum Gasteiger partial charge on any atom is -0.361 e. The SMILES string of the molecule is Fc1cc(F)cc(CCNc2nccc(-c3cccc(C(Cc4c[nH]c5ccccc45)N4CCNCC4)c3)n2)c1. The van der Waals surface area contributed by atoms with Gasteiger partial charge in [0.15, 0.2) is 0 Å². The molecule has 3 N–H and O–H groups in total. The maximum Gasteiger partial charge on any atom is 0.223 e. The van der Waals surface area contributed by atoms with E-state index in [4.69, 9.17) is 4.98 Å². The molecule has 40 heavy (non-hydrogen) atoms. The van der Waals surface area contributed by atoms with Gasteiger partial charge in [-0.2, -0.15) is 0 Å². The number of fused-ring (bicyclic) bond motifs is 1. The number of H-pyrrole nitrogens is 1. The van der Waals surface area contributed by atoms with Gasteiger partial charge in [0.05, 0.1) is 5.69 Å². The van der Waals surface area contributed by atoms with Crippen molar-refractivity contribution in [3.8, 4) is 11.3 Å². The number of nitrogens with zero attached hydrogens (tertiary/aromatic N) is 3. The van der Waals surface area contributed by atoms with Gasteiger partial charge >= 0.3 is 0 Å². The van der Waals surface area contributed by atoms with E-state index in [1.54, 1.807) is 6.20 Å². The number of aromatic amines is 1. The Morgan fingerprint density at radius 2 is 1.75 bits per heavy atom. The van der Waals surface area contributed by atoms with Gasteiger partial charge in [0.25, 0.3) is 0 Å². The number of halogens is 2. The van der Waals surface area contributed by atoms with Crippen molar-refractivity contribution in [3.05, 3.63) is 114 Å². The van der Waals surface area contributed by atoms with Gasteiger partial charge in [-0.3, -0.25) is 4.90 Å². The zero-order valence-electron chi connectivity index (χ0n) is 22.2. The van der Waals surface area contributed by atoms with Gasteiger partial charge < -0.3 is 15.6 Å². The fraction of sp³-hybridized carbons (Fsp3) is 0.250. The third kappa shape index (κ3) is 6.03. The van der Waals surface area contributed by atoms with Crippen molar-refractivity contribution in [3.63, 3.8) is 0 Å². The van der Waals surface area contributed by atoms with Gasteiger partial charge in [0, 0.05) is 73.7 Å². The molecule has 1 saturated heterocycles. The number of nitrogens with one attached hydrogen (secondary N) is 3. The molecule has 2 aromatic heterocycles. The number of anilines is 1. The molecule has 5 aromatic rings. The van der Waals surface area contributed by atoms with Crippen LogP contribution < -0.4 is 10.6 Å². The molecule has 1 aliphatic rings. The van der Waals surface area contributed by atoms with Gasteiger partial charge in [0.1, 0.15) is 11.6 Å². The molecule has 6 nitrogen and oxygen atoms in total. The van der Waals surface area contributed by atoms with E-state index >= 15 is 0 Å². The predicted octanol–water partition coefficient (Wildman–Crippen LogP) is 5.75. The van der Waals surface area contributed by atoms with E-state index in [1.165, 1.54) is 28.6 Å². The summed E-state index contributed by atoms with van der Waals surface area (Å²) >= 11 is 0. The molecular weight excluding hydrogens is 506 g/mol. The fourth-order valence-electron chi connectivity index (χ4n) is 5.54. The summed E-state index contributed by atoms with van der Waals surface area (Å²) in [6.07, 6.45) is 5.24. The Kier molecular flexibility index (Phi) is 7.79. The third-order valence-corrected chi connectivity index (χ3v) is 7.52. The Labute approximate surface area is 232 Å². The number of hydrogen-bond acceptors (Lipinski definition) is 5. The summed E-state index contributed by atoms with van der Waals surface area (Å²) in [5.74, 6) is -0.661. The zero-order valence-corrected chi connectivity index (χ0v) is 22.2. The van der Waals surface area contributed by atoms with Gasteiger partial charge in [-0.25, -0.2) is 18.7 Å². The second kappa shape index (κ2) is 11.9. The van der Waals surface area contributed by atoms with Crippen LogP contribution in [0.2, 0.25) is 0 Å². The Hall–Kier alpha value is -4.14. The van der Waals surface area contributed by atoms with E-state index in [9.17, 15) is 8.78 Å². The number of rotatable bonds is 9. The highest BCUT2D eigenvalue weighted by Crippen LogP contribution is 2.31. The monoisotopic (exact) mass is 538 g/mol. The van der Waals surface area contributed by atoms with Gasteiger partial charge in [0.2, 0.25) is 5.95 Å². The summed E-state index contributed by atoms with van der Waals surface area (Å²) in [7, 11) is 0. The van der Waals surface area contributed by atoms with E-state index in [1.807, 2.05) is 6.07 Å². The molecule has 1 atom stereocenters. The lowest BCUT2D eigenvalue weighted by Gasteiger charge is -2.35. The van der Waals surface area contributed by atoms with E-state index in [-0.39, 0.29) is 6.04 Å². The van der Waals surface area contributed by atoms with Crippen molar-refractivity contribution in [2.75, 3.05) is 38.0 Å². The molecule has 1 fully saturated rings. The van der Waals surface area contributed by atoms with Crippen LogP contribution in [0.1, 0.15) is 22.7 Å². The van der Waals surface area contributed by atoms with Crippen molar-refractivity contribution in [1.82, 2.24) is 25.2 Å². The summed E-state index contributed by atoms with van der Waals surface area (Å²) in [6, 6.07) is 22.8. The quantitative estimate of drug-likeness (QED) is 0.223. The van der Waals surface area contributed by atoms with Crippen molar-refractivity contribution >= 4 is 16.9 Å². The third-order valence-electron chi connectivity index (χ3n) is 7.52.